The van der Waals surface area contributed by atoms with Gasteiger partial charge in [-0.25, -0.2) is 5.43 Å². The Balaban J connectivity index is 1.87. The quantitative estimate of drug-likeness (QED) is 0.604. The molecule has 1 N–H and O–H groups in total. The van der Waals surface area contributed by atoms with E-state index in [0.29, 0.717) is 21.5 Å². The van der Waals surface area contributed by atoms with Crippen molar-refractivity contribution in [1.82, 2.24) is 5.43 Å². The molecule has 0 fully saturated rings. The summed E-state index contributed by atoms with van der Waals surface area (Å²) in [5.41, 5.74) is 4.92. The SMILES string of the molecule is COc1ccc(/C=N\NC(=O)COc2cc(C)c(Cl)c(C)c2)cc1Cl. The van der Waals surface area contributed by atoms with Crippen molar-refractivity contribution in [3.8, 4) is 11.5 Å². The van der Waals surface area contributed by atoms with Crippen LogP contribution >= 0.6 is 23.2 Å². The number of hydrazone groups is 1. The zero-order chi connectivity index (χ0) is 18.4. The van der Waals surface area contributed by atoms with E-state index in [1.165, 1.54) is 6.21 Å². The van der Waals surface area contributed by atoms with Crippen molar-refractivity contribution in [3.63, 3.8) is 0 Å². The highest BCUT2D eigenvalue weighted by Gasteiger charge is 2.06. The number of carbonyl (C=O) groups excluding carboxylic acids is 1. The minimum atomic E-state index is -0.374. The molecule has 0 atom stereocenters. The summed E-state index contributed by atoms with van der Waals surface area (Å²) >= 11 is 12.1. The first-order valence-corrected chi connectivity index (χ1v) is 8.21. The lowest BCUT2D eigenvalue weighted by molar-refractivity contribution is -0.123. The number of rotatable bonds is 6. The van der Waals surface area contributed by atoms with Gasteiger partial charge in [0.15, 0.2) is 6.61 Å². The third-order valence-corrected chi connectivity index (χ3v) is 4.25. The van der Waals surface area contributed by atoms with Gasteiger partial charge in [0, 0.05) is 5.02 Å². The minimum absolute atomic E-state index is 0.152. The predicted molar refractivity (Wildman–Crippen MR) is 100 cm³/mol. The van der Waals surface area contributed by atoms with Crippen molar-refractivity contribution in [3.05, 3.63) is 57.1 Å². The molecule has 2 rings (SSSR count). The number of amides is 1. The Morgan fingerprint density at radius 2 is 1.88 bits per heavy atom. The minimum Gasteiger partial charge on any atom is -0.495 e. The highest BCUT2D eigenvalue weighted by atomic mass is 35.5. The highest BCUT2D eigenvalue weighted by molar-refractivity contribution is 6.32. The molecule has 2 aromatic rings. The second-order valence-corrected chi connectivity index (χ2v) is 6.13. The molecule has 7 heteroatoms. The molecule has 0 saturated heterocycles. The summed E-state index contributed by atoms with van der Waals surface area (Å²) in [7, 11) is 1.54. The molecule has 5 nitrogen and oxygen atoms in total. The van der Waals surface area contributed by atoms with Gasteiger partial charge in [0.1, 0.15) is 11.5 Å². The number of carbonyl (C=O) groups is 1. The average Bonchev–Trinajstić information content (AvgIpc) is 2.58. The van der Waals surface area contributed by atoms with Crippen molar-refractivity contribution in [2.75, 3.05) is 13.7 Å². The van der Waals surface area contributed by atoms with Gasteiger partial charge in [0.05, 0.1) is 18.3 Å². The van der Waals surface area contributed by atoms with Crippen LogP contribution in [0.2, 0.25) is 10.0 Å². The van der Waals surface area contributed by atoms with Crippen molar-refractivity contribution in [1.29, 1.82) is 0 Å². The second kappa shape index (κ2) is 8.74. The van der Waals surface area contributed by atoms with Crippen LogP contribution < -0.4 is 14.9 Å². The van der Waals surface area contributed by atoms with E-state index in [-0.39, 0.29) is 12.5 Å². The van der Waals surface area contributed by atoms with E-state index in [4.69, 9.17) is 32.7 Å². The van der Waals surface area contributed by atoms with Crippen LogP contribution in [0.5, 0.6) is 11.5 Å². The molecular weight excluding hydrogens is 363 g/mol. The molecule has 0 aromatic heterocycles. The zero-order valence-corrected chi connectivity index (χ0v) is 15.6. The number of hydrogen-bond donors (Lipinski definition) is 1. The zero-order valence-electron chi connectivity index (χ0n) is 14.1. The number of halogens is 2. The lowest BCUT2D eigenvalue weighted by Crippen LogP contribution is -2.24. The van der Waals surface area contributed by atoms with Crippen molar-refractivity contribution < 1.29 is 14.3 Å². The first-order chi connectivity index (χ1) is 11.9. The second-order valence-electron chi connectivity index (χ2n) is 5.35. The number of benzene rings is 2. The Morgan fingerprint density at radius 1 is 1.20 bits per heavy atom. The molecule has 2 aromatic carbocycles. The molecule has 0 unspecified atom stereocenters. The summed E-state index contributed by atoms with van der Waals surface area (Å²) in [6, 6.07) is 8.75. The number of nitrogens with one attached hydrogen (secondary N) is 1. The maximum absolute atomic E-state index is 11.8. The Bertz CT molecular complexity index is 784. The van der Waals surface area contributed by atoms with Crippen LogP contribution in [-0.2, 0) is 4.79 Å². The Morgan fingerprint density at radius 3 is 2.48 bits per heavy atom. The number of methoxy groups -OCH3 is 1. The summed E-state index contributed by atoms with van der Waals surface area (Å²) in [5, 5.41) is 5.04. The van der Waals surface area contributed by atoms with Gasteiger partial charge in [-0.1, -0.05) is 23.2 Å². The van der Waals surface area contributed by atoms with Crippen molar-refractivity contribution in [2.45, 2.75) is 13.8 Å². The Hall–Kier alpha value is -2.24. The first-order valence-electron chi connectivity index (χ1n) is 7.45. The van der Waals surface area contributed by atoms with E-state index >= 15 is 0 Å². The monoisotopic (exact) mass is 380 g/mol. The number of aryl methyl sites for hydroxylation is 2. The highest BCUT2D eigenvalue weighted by Crippen LogP contribution is 2.26. The van der Waals surface area contributed by atoms with Crippen molar-refractivity contribution >= 4 is 35.3 Å². The molecule has 0 saturated carbocycles. The molecule has 0 heterocycles. The molecule has 25 heavy (non-hydrogen) atoms. The number of ether oxygens (including phenoxy) is 2. The first kappa shape index (κ1) is 19.1. The summed E-state index contributed by atoms with van der Waals surface area (Å²) in [6.07, 6.45) is 1.49. The van der Waals surface area contributed by atoms with Crippen LogP contribution in [0, 0.1) is 13.8 Å². The van der Waals surface area contributed by atoms with Gasteiger partial charge >= 0.3 is 0 Å². The molecule has 0 aliphatic carbocycles. The van der Waals surface area contributed by atoms with Crippen LogP contribution in [-0.4, -0.2) is 25.8 Å². The van der Waals surface area contributed by atoms with Crippen molar-refractivity contribution in [2.24, 2.45) is 5.10 Å². The van der Waals surface area contributed by atoms with Gasteiger partial charge in [-0.05, 0) is 60.9 Å². The van der Waals surface area contributed by atoms with Crippen LogP contribution in [0.1, 0.15) is 16.7 Å². The summed E-state index contributed by atoms with van der Waals surface area (Å²) in [4.78, 5) is 11.8. The average molecular weight is 381 g/mol. The molecular formula is C18H18Cl2N2O3. The fourth-order valence-corrected chi connectivity index (χ4v) is 2.49. The van der Waals surface area contributed by atoms with Gasteiger partial charge in [-0.2, -0.15) is 5.10 Å². The molecule has 0 aliphatic rings. The van der Waals surface area contributed by atoms with Gasteiger partial charge in [0.25, 0.3) is 5.91 Å². The normalized spacial score (nSPS) is 10.8. The maximum Gasteiger partial charge on any atom is 0.277 e. The molecule has 0 bridgehead atoms. The van der Waals surface area contributed by atoms with E-state index in [9.17, 15) is 4.79 Å². The molecule has 1 amide bonds. The van der Waals surface area contributed by atoms with Gasteiger partial charge in [0.2, 0.25) is 0 Å². The number of hydrogen-bond acceptors (Lipinski definition) is 4. The summed E-state index contributed by atoms with van der Waals surface area (Å²) < 4.78 is 10.5. The third kappa shape index (κ3) is 5.37. The summed E-state index contributed by atoms with van der Waals surface area (Å²) in [5.74, 6) is 0.784. The largest absolute Gasteiger partial charge is 0.495 e. The van der Waals surface area contributed by atoms with E-state index in [1.807, 2.05) is 13.8 Å². The van der Waals surface area contributed by atoms with Crippen LogP contribution in [0.3, 0.4) is 0 Å². The van der Waals surface area contributed by atoms with E-state index in [0.717, 1.165) is 16.7 Å². The lowest BCUT2D eigenvalue weighted by Gasteiger charge is -2.09. The number of nitrogens with zero attached hydrogens (tertiary/aromatic N) is 1. The van der Waals surface area contributed by atoms with E-state index in [1.54, 1.807) is 37.4 Å². The van der Waals surface area contributed by atoms with E-state index < -0.39 is 0 Å². The fourth-order valence-electron chi connectivity index (χ4n) is 2.11. The van der Waals surface area contributed by atoms with Crippen LogP contribution in [0.4, 0.5) is 0 Å². The smallest absolute Gasteiger partial charge is 0.277 e. The fraction of sp³-hybridized carbons (Fsp3) is 0.222. The topological polar surface area (TPSA) is 59.9 Å². The predicted octanol–water partition coefficient (Wildman–Crippen LogP) is 4.15. The van der Waals surface area contributed by atoms with Crippen LogP contribution in [0.25, 0.3) is 0 Å². The van der Waals surface area contributed by atoms with Crippen LogP contribution in [0.15, 0.2) is 35.4 Å². The molecule has 0 spiro atoms. The lowest BCUT2D eigenvalue weighted by atomic mass is 10.1. The Labute approximate surface area is 156 Å². The molecule has 0 radical (unpaired) electrons. The maximum atomic E-state index is 11.8. The molecule has 132 valence electrons. The van der Waals surface area contributed by atoms with E-state index in [2.05, 4.69) is 10.5 Å². The third-order valence-electron chi connectivity index (χ3n) is 3.36. The summed E-state index contributed by atoms with van der Waals surface area (Å²) in [6.45, 7) is 3.61. The van der Waals surface area contributed by atoms with Gasteiger partial charge in [-0.15, -0.1) is 0 Å². The standard InChI is InChI=1S/C18H18Cl2N2O3/c1-11-6-14(7-12(2)18(11)20)25-10-17(23)22-21-9-13-4-5-16(24-3)15(19)8-13/h4-9H,10H2,1-3H3,(H,22,23)/b21-9-. The van der Waals surface area contributed by atoms with Gasteiger partial charge in [-0.3, -0.25) is 4.79 Å². The van der Waals surface area contributed by atoms with Gasteiger partial charge < -0.3 is 9.47 Å². The Kier molecular flexibility index (Phi) is 6.67. The molecule has 0 aliphatic heterocycles.